The van der Waals surface area contributed by atoms with Crippen LogP contribution in [0.15, 0.2) is 47.1 Å². The van der Waals surface area contributed by atoms with Crippen molar-refractivity contribution in [1.29, 1.82) is 5.26 Å². The Labute approximate surface area is 103 Å². The van der Waals surface area contributed by atoms with Gasteiger partial charge in [0.25, 0.3) is 0 Å². The van der Waals surface area contributed by atoms with Crippen LogP contribution in [-0.2, 0) is 0 Å². The van der Waals surface area contributed by atoms with Gasteiger partial charge in [-0.2, -0.15) is 15.6 Å². The van der Waals surface area contributed by atoms with Crippen LogP contribution in [-0.4, -0.2) is 15.4 Å². The van der Waals surface area contributed by atoms with Gasteiger partial charge < -0.3 is 4.42 Å². The molecule has 2 aromatic heterocycles. The molecule has 5 nitrogen and oxygen atoms in total. The number of nitrogens with one attached hydrogen (secondary N) is 1. The van der Waals surface area contributed by atoms with Crippen molar-refractivity contribution in [2.45, 2.75) is 0 Å². The number of nitriles is 1. The average molecular weight is 236 g/mol. The maximum Gasteiger partial charge on any atom is 0.190 e. The van der Waals surface area contributed by atoms with Crippen LogP contribution in [0.25, 0.3) is 22.6 Å². The maximum atomic E-state index is 8.93. The van der Waals surface area contributed by atoms with Gasteiger partial charge in [-0.25, -0.2) is 0 Å². The molecule has 0 atom stereocenters. The van der Waals surface area contributed by atoms with E-state index in [4.69, 9.17) is 9.68 Å². The molecule has 5 heteroatoms. The van der Waals surface area contributed by atoms with E-state index in [0.29, 0.717) is 5.69 Å². The van der Waals surface area contributed by atoms with Crippen molar-refractivity contribution in [3.05, 3.63) is 48.4 Å². The first-order valence-electron chi connectivity index (χ1n) is 5.33. The van der Waals surface area contributed by atoms with Gasteiger partial charge in [-0.1, -0.05) is 18.2 Å². The van der Waals surface area contributed by atoms with E-state index in [1.54, 1.807) is 6.26 Å². The molecule has 0 aliphatic heterocycles. The second kappa shape index (κ2) is 4.18. The van der Waals surface area contributed by atoms with E-state index in [9.17, 15) is 0 Å². The quantitative estimate of drug-likeness (QED) is 0.741. The summed E-state index contributed by atoms with van der Waals surface area (Å²) in [6.07, 6.45) is 1.62. The number of benzene rings is 1. The Morgan fingerprint density at radius 2 is 2.00 bits per heavy atom. The van der Waals surface area contributed by atoms with E-state index < -0.39 is 0 Å². The van der Waals surface area contributed by atoms with Crippen LogP contribution in [0, 0.1) is 11.3 Å². The third kappa shape index (κ3) is 1.66. The largest absolute Gasteiger partial charge is 0.464 e. The normalized spacial score (nSPS) is 10.2. The molecule has 0 amide bonds. The molecule has 0 saturated heterocycles. The lowest BCUT2D eigenvalue weighted by molar-refractivity contribution is 0.582. The number of hydrogen-bond acceptors (Lipinski definition) is 4. The summed E-state index contributed by atoms with van der Waals surface area (Å²) in [5.41, 5.74) is 2.59. The first-order valence-corrected chi connectivity index (χ1v) is 5.33. The van der Waals surface area contributed by atoms with Crippen LogP contribution in [0.3, 0.4) is 0 Å². The van der Waals surface area contributed by atoms with Crippen molar-refractivity contribution >= 4 is 0 Å². The van der Waals surface area contributed by atoms with Crippen molar-refractivity contribution in [2.75, 3.05) is 0 Å². The van der Waals surface area contributed by atoms with Crippen molar-refractivity contribution in [1.82, 2.24) is 15.4 Å². The standard InChI is InChI=1S/C13H8N4O/c14-8-11-13(16-17-15-11)10-4-1-3-9(7-10)12-5-2-6-18-12/h1-7H,(H,15,16,17). The van der Waals surface area contributed by atoms with Gasteiger partial charge in [0.2, 0.25) is 0 Å². The van der Waals surface area contributed by atoms with Crippen LogP contribution in [0.2, 0.25) is 0 Å². The Kier molecular flexibility index (Phi) is 2.39. The second-order valence-electron chi connectivity index (χ2n) is 3.69. The third-order valence-electron chi connectivity index (χ3n) is 2.60. The van der Waals surface area contributed by atoms with Crippen LogP contribution in [0.4, 0.5) is 0 Å². The van der Waals surface area contributed by atoms with Gasteiger partial charge >= 0.3 is 0 Å². The van der Waals surface area contributed by atoms with E-state index in [1.807, 2.05) is 42.5 Å². The Morgan fingerprint density at radius 1 is 1.11 bits per heavy atom. The molecule has 0 radical (unpaired) electrons. The highest BCUT2D eigenvalue weighted by Gasteiger charge is 2.10. The zero-order chi connectivity index (χ0) is 12.4. The number of hydrogen-bond donors (Lipinski definition) is 1. The third-order valence-corrected chi connectivity index (χ3v) is 2.60. The van der Waals surface area contributed by atoms with Crippen molar-refractivity contribution in [3.8, 4) is 28.7 Å². The minimum absolute atomic E-state index is 0.284. The van der Waals surface area contributed by atoms with Crippen molar-refractivity contribution < 1.29 is 4.42 Å². The first kappa shape index (κ1) is 10.3. The lowest BCUT2D eigenvalue weighted by atomic mass is 10.1. The van der Waals surface area contributed by atoms with E-state index in [-0.39, 0.29) is 5.69 Å². The highest BCUT2D eigenvalue weighted by molar-refractivity contribution is 5.70. The lowest BCUT2D eigenvalue weighted by Gasteiger charge is -2.00. The molecule has 0 spiro atoms. The monoisotopic (exact) mass is 236 g/mol. The van der Waals surface area contributed by atoms with E-state index in [2.05, 4.69) is 15.4 Å². The summed E-state index contributed by atoms with van der Waals surface area (Å²) in [4.78, 5) is 0. The molecule has 86 valence electrons. The lowest BCUT2D eigenvalue weighted by Crippen LogP contribution is -1.83. The number of nitrogens with zero attached hydrogens (tertiary/aromatic N) is 3. The van der Waals surface area contributed by atoms with Crippen molar-refractivity contribution in [3.63, 3.8) is 0 Å². The number of H-pyrrole nitrogens is 1. The van der Waals surface area contributed by atoms with E-state index in [0.717, 1.165) is 16.9 Å². The maximum absolute atomic E-state index is 8.93. The summed E-state index contributed by atoms with van der Waals surface area (Å²) in [6.45, 7) is 0. The molecule has 1 aromatic carbocycles. The van der Waals surface area contributed by atoms with E-state index in [1.165, 1.54) is 0 Å². The molecule has 0 aliphatic carbocycles. The van der Waals surface area contributed by atoms with Gasteiger partial charge in [0, 0.05) is 11.1 Å². The summed E-state index contributed by atoms with van der Waals surface area (Å²) >= 11 is 0. The summed E-state index contributed by atoms with van der Waals surface area (Å²) in [6, 6.07) is 13.3. The smallest absolute Gasteiger partial charge is 0.190 e. The Balaban J connectivity index is 2.10. The van der Waals surface area contributed by atoms with Gasteiger partial charge in [-0.15, -0.1) is 5.10 Å². The molecule has 0 bridgehead atoms. The highest BCUT2D eigenvalue weighted by Crippen LogP contribution is 2.26. The molecule has 0 aliphatic rings. The van der Waals surface area contributed by atoms with Gasteiger partial charge in [0.1, 0.15) is 17.5 Å². The van der Waals surface area contributed by atoms with Crippen molar-refractivity contribution in [2.24, 2.45) is 0 Å². The molecule has 3 aromatic rings. The molecule has 1 N–H and O–H groups in total. The first-order chi connectivity index (χ1) is 8.88. The van der Waals surface area contributed by atoms with Gasteiger partial charge in [0.15, 0.2) is 5.69 Å². The summed E-state index contributed by atoms with van der Waals surface area (Å²) in [5, 5.41) is 19.2. The van der Waals surface area contributed by atoms with Crippen LogP contribution in [0.5, 0.6) is 0 Å². The number of rotatable bonds is 2. The second-order valence-corrected chi connectivity index (χ2v) is 3.69. The molecule has 0 saturated carbocycles. The fourth-order valence-corrected chi connectivity index (χ4v) is 1.77. The molecular weight excluding hydrogens is 228 g/mol. The fourth-order valence-electron chi connectivity index (χ4n) is 1.77. The zero-order valence-corrected chi connectivity index (χ0v) is 9.29. The van der Waals surface area contributed by atoms with Gasteiger partial charge in [0.05, 0.1) is 6.26 Å². The summed E-state index contributed by atoms with van der Waals surface area (Å²) in [5.74, 6) is 0.777. The zero-order valence-electron chi connectivity index (χ0n) is 9.29. The molecule has 18 heavy (non-hydrogen) atoms. The predicted molar refractivity (Wildman–Crippen MR) is 64.2 cm³/mol. The number of furan rings is 1. The minimum Gasteiger partial charge on any atom is -0.464 e. The van der Waals surface area contributed by atoms with E-state index >= 15 is 0 Å². The molecule has 0 unspecified atom stereocenters. The minimum atomic E-state index is 0.284. The summed E-state index contributed by atoms with van der Waals surface area (Å²) in [7, 11) is 0. The van der Waals surface area contributed by atoms with Crippen LogP contribution >= 0.6 is 0 Å². The Bertz CT molecular complexity index is 707. The molecule has 0 fully saturated rings. The average Bonchev–Trinajstić information content (AvgIpc) is 3.10. The summed E-state index contributed by atoms with van der Waals surface area (Å²) < 4.78 is 5.34. The van der Waals surface area contributed by atoms with Crippen LogP contribution < -0.4 is 0 Å². The Hall–Kier alpha value is -2.87. The molecular formula is C13H8N4O. The highest BCUT2D eigenvalue weighted by atomic mass is 16.3. The predicted octanol–water partition coefficient (Wildman–Crippen LogP) is 2.60. The van der Waals surface area contributed by atoms with Gasteiger partial charge in [-0.05, 0) is 18.2 Å². The Morgan fingerprint density at radius 3 is 2.78 bits per heavy atom. The van der Waals surface area contributed by atoms with Gasteiger partial charge in [-0.3, -0.25) is 0 Å². The number of aromatic nitrogens is 3. The molecule has 3 rings (SSSR count). The molecule has 2 heterocycles. The number of aromatic amines is 1. The SMILES string of the molecule is N#Cc1n[nH]nc1-c1cccc(-c2ccco2)c1. The fraction of sp³-hybridized carbons (Fsp3) is 0. The topological polar surface area (TPSA) is 78.5 Å². The van der Waals surface area contributed by atoms with Crippen LogP contribution in [0.1, 0.15) is 5.69 Å².